The normalized spacial score (nSPS) is 32.7. The van der Waals surface area contributed by atoms with Crippen LogP contribution in [0.3, 0.4) is 0 Å². The highest BCUT2D eigenvalue weighted by Crippen LogP contribution is 2.62. The van der Waals surface area contributed by atoms with Crippen LogP contribution < -0.4 is 5.32 Å². The van der Waals surface area contributed by atoms with Crippen molar-refractivity contribution in [2.75, 3.05) is 5.32 Å². The fourth-order valence-electron chi connectivity index (χ4n) is 4.05. The Kier molecular flexibility index (Phi) is 2.45. The van der Waals surface area contributed by atoms with Gasteiger partial charge >= 0.3 is 0 Å². The van der Waals surface area contributed by atoms with E-state index in [2.05, 4.69) is 5.32 Å². The van der Waals surface area contributed by atoms with Gasteiger partial charge in [0.25, 0.3) is 0 Å². The van der Waals surface area contributed by atoms with Gasteiger partial charge in [-0.2, -0.15) is 0 Å². The summed E-state index contributed by atoms with van der Waals surface area (Å²) >= 11 is 6.27. The van der Waals surface area contributed by atoms with Gasteiger partial charge < -0.3 is 10.4 Å². The Labute approximate surface area is 117 Å². The molecule has 19 heavy (non-hydrogen) atoms. The Hall–Kier alpha value is -1.06. The van der Waals surface area contributed by atoms with Gasteiger partial charge in [0.15, 0.2) is 0 Å². The third-order valence-corrected chi connectivity index (χ3v) is 5.33. The number of benzene rings is 1. The van der Waals surface area contributed by atoms with E-state index in [-0.39, 0.29) is 5.91 Å². The molecule has 2 fully saturated rings. The molecule has 2 aliphatic carbocycles. The maximum Gasteiger partial charge on any atom is 0.228 e. The van der Waals surface area contributed by atoms with E-state index < -0.39 is 6.10 Å². The minimum Gasteiger partial charge on any atom is -0.388 e. The van der Waals surface area contributed by atoms with Crippen molar-refractivity contribution in [3.8, 4) is 0 Å². The van der Waals surface area contributed by atoms with Gasteiger partial charge in [-0.25, -0.2) is 0 Å². The monoisotopic (exact) mass is 277 g/mol. The number of rotatable bonds is 2. The maximum absolute atomic E-state index is 11.4. The van der Waals surface area contributed by atoms with E-state index in [4.69, 9.17) is 11.6 Å². The van der Waals surface area contributed by atoms with E-state index in [1.165, 1.54) is 19.3 Å². The zero-order chi connectivity index (χ0) is 13.1. The van der Waals surface area contributed by atoms with Gasteiger partial charge in [0.1, 0.15) is 0 Å². The molecule has 3 atom stereocenters. The lowest BCUT2D eigenvalue weighted by Gasteiger charge is -2.16. The van der Waals surface area contributed by atoms with E-state index in [9.17, 15) is 9.90 Å². The lowest BCUT2D eigenvalue weighted by Crippen LogP contribution is -2.05. The number of hydrogen-bond donors (Lipinski definition) is 2. The van der Waals surface area contributed by atoms with Gasteiger partial charge in [-0.15, -0.1) is 0 Å². The van der Waals surface area contributed by atoms with Crippen LogP contribution in [-0.2, 0) is 11.2 Å². The number of fused-ring (bicyclic) bond motifs is 2. The minimum atomic E-state index is -0.469. The van der Waals surface area contributed by atoms with Crippen molar-refractivity contribution >= 4 is 23.2 Å². The van der Waals surface area contributed by atoms with Gasteiger partial charge in [0.2, 0.25) is 5.91 Å². The predicted octanol–water partition coefficient (Wildman–Crippen LogP) is 2.91. The molecule has 1 aromatic rings. The van der Waals surface area contributed by atoms with Crippen LogP contribution >= 0.6 is 11.6 Å². The summed E-state index contributed by atoms with van der Waals surface area (Å²) in [6.45, 7) is 0. The first-order valence-corrected chi connectivity index (χ1v) is 7.33. The van der Waals surface area contributed by atoms with Crippen LogP contribution in [0.1, 0.15) is 36.5 Å². The van der Waals surface area contributed by atoms with Crippen LogP contribution in [0.5, 0.6) is 0 Å². The second-order valence-electron chi connectivity index (χ2n) is 6.04. The summed E-state index contributed by atoms with van der Waals surface area (Å²) in [6.07, 6.45) is 3.71. The predicted molar refractivity (Wildman–Crippen MR) is 73.1 cm³/mol. The molecule has 3 unspecified atom stereocenters. The molecule has 100 valence electrons. The van der Waals surface area contributed by atoms with Crippen LogP contribution in [0.15, 0.2) is 12.1 Å². The molecular formula is C15H16ClNO2. The largest absolute Gasteiger partial charge is 0.388 e. The topological polar surface area (TPSA) is 49.3 Å². The summed E-state index contributed by atoms with van der Waals surface area (Å²) in [7, 11) is 0. The molecule has 1 aliphatic heterocycles. The molecule has 2 saturated carbocycles. The Morgan fingerprint density at radius 1 is 1.32 bits per heavy atom. The third kappa shape index (κ3) is 1.72. The number of nitrogens with one attached hydrogen (secondary N) is 1. The van der Waals surface area contributed by atoms with Gasteiger partial charge in [-0.05, 0) is 53.9 Å². The Balaban J connectivity index is 1.65. The van der Waals surface area contributed by atoms with Gasteiger partial charge in [0.05, 0.1) is 12.5 Å². The minimum absolute atomic E-state index is 0.000924. The molecule has 0 spiro atoms. The number of halogens is 1. The zero-order valence-corrected chi connectivity index (χ0v) is 11.3. The lowest BCUT2D eigenvalue weighted by atomic mass is 9.97. The first kappa shape index (κ1) is 11.7. The van der Waals surface area contributed by atoms with Crippen molar-refractivity contribution in [3.05, 3.63) is 28.3 Å². The Morgan fingerprint density at radius 3 is 2.79 bits per heavy atom. The van der Waals surface area contributed by atoms with Crippen LogP contribution in [0.4, 0.5) is 5.69 Å². The van der Waals surface area contributed by atoms with Crippen molar-refractivity contribution in [3.63, 3.8) is 0 Å². The summed E-state index contributed by atoms with van der Waals surface area (Å²) in [6, 6.07) is 3.69. The highest BCUT2D eigenvalue weighted by molar-refractivity contribution is 6.32. The molecule has 4 heteroatoms. The molecule has 1 amide bonds. The number of aliphatic hydroxyl groups is 1. The van der Waals surface area contributed by atoms with E-state index in [1.807, 2.05) is 6.07 Å². The van der Waals surface area contributed by atoms with Gasteiger partial charge in [-0.1, -0.05) is 18.0 Å². The molecule has 2 N–H and O–H groups in total. The van der Waals surface area contributed by atoms with E-state index in [0.29, 0.717) is 29.2 Å². The number of anilines is 1. The molecule has 0 saturated heterocycles. The molecule has 0 aromatic heterocycles. The lowest BCUT2D eigenvalue weighted by molar-refractivity contribution is -0.115. The molecule has 0 radical (unpaired) electrons. The highest BCUT2D eigenvalue weighted by atomic mass is 35.5. The summed E-state index contributed by atoms with van der Waals surface area (Å²) in [5.41, 5.74) is 2.55. The summed E-state index contributed by atoms with van der Waals surface area (Å²) in [5, 5.41) is 13.9. The number of amides is 1. The third-order valence-electron chi connectivity index (χ3n) is 5.00. The van der Waals surface area contributed by atoms with E-state index in [0.717, 1.165) is 16.8 Å². The molecule has 4 rings (SSSR count). The van der Waals surface area contributed by atoms with Crippen LogP contribution in [0, 0.1) is 17.8 Å². The number of carbonyl (C=O) groups excluding carboxylic acids is 1. The van der Waals surface area contributed by atoms with E-state index >= 15 is 0 Å². The average molecular weight is 278 g/mol. The Morgan fingerprint density at radius 2 is 2.05 bits per heavy atom. The fourth-order valence-corrected chi connectivity index (χ4v) is 4.32. The first-order chi connectivity index (χ1) is 9.15. The molecule has 3 aliphatic rings. The quantitative estimate of drug-likeness (QED) is 0.873. The summed E-state index contributed by atoms with van der Waals surface area (Å²) < 4.78 is 0. The molecule has 3 nitrogen and oxygen atoms in total. The van der Waals surface area contributed by atoms with E-state index in [1.54, 1.807) is 6.07 Å². The molecule has 1 heterocycles. The van der Waals surface area contributed by atoms with Crippen LogP contribution in [-0.4, -0.2) is 11.0 Å². The number of hydrogen-bond acceptors (Lipinski definition) is 2. The number of carbonyl (C=O) groups is 1. The van der Waals surface area contributed by atoms with Crippen molar-refractivity contribution in [2.24, 2.45) is 17.8 Å². The molecule has 1 aromatic carbocycles. The summed E-state index contributed by atoms with van der Waals surface area (Å²) in [4.78, 5) is 11.4. The van der Waals surface area contributed by atoms with Crippen LogP contribution in [0.2, 0.25) is 5.02 Å². The van der Waals surface area contributed by atoms with Crippen molar-refractivity contribution in [2.45, 2.75) is 31.8 Å². The van der Waals surface area contributed by atoms with Crippen molar-refractivity contribution in [1.82, 2.24) is 0 Å². The molecular weight excluding hydrogens is 262 g/mol. The average Bonchev–Trinajstić information content (AvgIpc) is 2.72. The SMILES string of the molecule is O=C1Cc2cc(C(O)C3C4CCCC43)c(Cl)cc2N1. The standard InChI is InChI=1S/C15H16ClNO2/c16-11-6-12-7(5-13(18)17-12)4-10(11)15(19)14-8-2-1-3-9(8)14/h4,6,8-9,14-15,19H,1-3,5H2,(H,17,18). The Bertz CT molecular complexity index is 562. The number of aliphatic hydroxyl groups excluding tert-OH is 1. The van der Waals surface area contributed by atoms with Crippen molar-refractivity contribution in [1.29, 1.82) is 0 Å². The fraction of sp³-hybridized carbons (Fsp3) is 0.533. The first-order valence-electron chi connectivity index (χ1n) is 6.95. The van der Waals surface area contributed by atoms with Gasteiger partial charge in [0, 0.05) is 10.7 Å². The highest BCUT2D eigenvalue weighted by Gasteiger charge is 2.56. The smallest absolute Gasteiger partial charge is 0.228 e. The van der Waals surface area contributed by atoms with Gasteiger partial charge in [-0.3, -0.25) is 4.79 Å². The second-order valence-corrected chi connectivity index (χ2v) is 6.44. The zero-order valence-electron chi connectivity index (χ0n) is 10.5. The van der Waals surface area contributed by atoms with Crippen LogP contribution in [0.25, 0.3) is 0 Å². The molecule has 0 bridgehead atoms. The summed E-state index contributed by atoms with van der Waals surface area (Å²) in [5.74, 6) is 1.77. The van der Waals surface area contributed by atoms with Crippen molar-refractivity contribution < 1.29 is 9.90 Å². The maximum atomic E-state index is 11.4. The second kappa shape index (κ2) is 3.97.